The normalized spacial score (nSPS) is 17.6. The number of halogens is 3. The number of carboxylic acid groups (broad SMARTS) is 1. The van der Waals surface area contributed by atoms with Crippen LogP contribution in [0.2, 0.25) is 0 Å². The molecule has 2 heterocycles. The van der Waals surface area contributed by atoms with Crippen LogP contribution in [0.5, 0.6) is 11.5 Å². The Balaban J connectivity index is 0.000000202. The van der Waals surface area contributed by atoms with Gasteiger partial charge in [0.1, 0.15) is 17.6 Å². The SMILES string of the molecule is Cc1c(C)c2c(c(C)c1N)C(c1ccc(C(C)C)cc1)C(CC(Cl)(Cl)Cl)O2.Cc1c(C)c2c(c(C)c1NC(=O)O)C(c1ccc(C(C)C)cc1)CO2. The molecule has 3 unspecified atom stereocenters. The minimum atomic E-state index is -1.38. The first kappa shape index (κ1) is 39.6. The van der Waals surface area contributed by atoms with E-state index in [2.05, 4.69) is 88.5 Å². The predicted octanol–water partition coefficient (Wildman–Crippen LogP) is 12.3. The highest BCUT2D eigenvalue weighted by molar-refractivity contribution is 6.67. The molecule has 0 saturated carbocycles. The highest BCUT2D eigenvalue weighted by atomic mass is 35.6. The second-order valence-electron chi connectivity index (χ2n) is 14.9. The number of hydrogen-bond donors (Lipinski definition) is 3. The zero-order chi connectivity index (χ0) is 38.4. The first-order chi connectivity index (χ1) is 24.3. The standard InChI is InChI=1S/C22H26Cl3NO.C21H25NO3/c1-11(2)15-6-8-16(9-7-15)19-17(10-22(23,24)25)27-21-13(4)12(3)20(26)14(5)18(19)21;1-11(2)15-6-8-16(9-7-15)17-10-25-20-13(4)12(3)19(22-21(23)24)14(5)18(17)20/h6-9,11,17,19H,10,26H2,1-5H3;6-9,11,17,22H,10H2,1-5H3,(H,23,24). The summed E-state index contributed by atoms with van der Waals surface area (Å²) in [6, 6.07) is 17.3. The Morgan fingerprint density at radius 1 is 0.769 bits per heavy atom. The molecule has 1 amide bonds. The average Bonchev–Trinajstić information content (AvgIpc) is 3.69. The lowest BCUT2D eigenvalue weighted by molar-refractivity contribution is 0.206. The number of amides is 1. The molecule has 4 N–H and O–H groups in total. The van der Waals surface area contributed by atoms with Crippen molar-refractivity contribution in [3.8, 4) is 11.5 Å². The van der Waals surface area contributed by atoms with E-state index in [-0.39, 0.29) is 17.9 Å². The molecule has 6 rings (SSSR count). The molecule has 3 atom stereocenters. The third-order valence-corrected chi connectivity index (χ3v) is 11.5. The molecule has 4 aromatic rings. The molecule has 0 radical (unpaired) electrons. The lowest BCUT2D eigenvalue weighted by Gasteiger charge is -2.24. The summed E-state index contributed by atoms with van der Waals surface area (Å²) in [5, 5.41) is 11.7. The Hall–Kier alpha value is -3.58. The summed E-state index contributed by atoms with van der Waals surface area (Å²) in [5.41, 5.74) is 21.1. The highest BCUT2D eigenvalue weighted by Gasteiger charge is 2.42. The molecule has 9 heteroatoms. The summed E-state index contributed by atoms with van der Waals surface area (Å²) >= 11 is 18.4. The summed E-state index contributed by atoms with van der Waals surface area (Å²) < 4.78 is 11.0. The minimum absolute atomic E-state index is 0.0153. The third kappa shape index (κ3) is 7.85. The molecule has 4 aromatic carbocycles. The van der Waals surface area contributed by atoms with Gasteiger partial charge in [0.15, 0.2) is 3.79 Å². The van der Waals surface area contributed by atoms with E-state index in [9.17, 15) is 9.90 Å². The molecule has 0 aliphatic carbocycles. The number of nitrogen functional groups attached to an aromatic ring is 1. The van der Waals surface area contributed by atoms with E-state index >= 15 is 0 Å². The number of nitrogens with two attached hydrogens (primary N) is 1. The van der Waals surface area contributed by atoms with E-state index in [1.54, 1.807) is 0 Å². The fourth-order valence-electron chi connectivity index (χ4n) is 7.63. The maximum Gasteiger partial charge on any atom is 0.409 e. The fourth-order valence-corrected chi connectivity index (χ4v) is 8.09. The van der Waals surface area contributed by atoms with Gasteiger partial charge in [-0.3, -0.25) is 5.32 Å². The zero-order valence-electron chi connectivity index (χ0n) is 31.8. The molecule has 6 nitrogen and oxygen atoms in total. The van der Waals surface area contributed by atoms with Gasteiger partial charge in [0.05, 0.1) is 18.2 Å². The van der Waals surface area contributed by atoms with Gasteiger partial charge in [0.25, 0.3) is 0 Å². The predicted molar refractivity (Wildman–Crippen MR) is 217 cm³/mol. The Morgan fingerprint density at radius 2 is 1.29 bits per heavy atom. The van der Waals surface area contributed by atoms with Crippen LogP contribution in [0.4, 0.5) is 16.2 Å². The number of rotatable bonds is 6. The van der Waals surface area contributed by atoms with Crippen LogP contribution in [0.15, 0.2) is 48.5 Å². The lowest BCUT2D eigenvalue weighted by Crippen LogP contribution is -2.26. The molecule has 2 aliphatic rings. The van der Waals surface area contributed by atoms with Crippen molar-refractivity contribution in [3.05, 3.63) is 115 Å². The molecule has 0 spiro atoms. The summed E-state index contributed by atoms with van der Waals surface area (Å²) in [7, 11) is 0. The smallest absolute Gasteiger partial charge is 0.409 e. The van der Waals surface area contributed by atoms with Gasteiger partial charge in [-0.25, -0.2) is 4.79 Å². The van der Waals surface area contributed by atoms with E-state index in [4.69, 9.17) is 50.0 Å². The van der Waals surface area contributed by atoms with Crippen LogP contribution < -0.4 is 20.5 Å². The summed E-state index contributed by atoms with van der Waals surface area (Å²) in [6.07, 6.45) is -0.987. The van der Waals surface area contributed by atoms with Crippen molar-refractivity contribution in [3.63, 3.8) is 0 Å². The fraction of sp³-hybridized carbons (Fsp3) is 0.419. The molecule has 0 saturated heterocycles. The number of carbonyl (C=O) groups is 1. The minimum Gasteiger partial charge on any atom is -0.492 e. The van der Waals surface area contributed by atoms with Gasteiger partial charge >= 0.3 is 6.09 Å². The van der Waals surface area contributed by atoms with E-state index in [1.807, 2.05) is 34.6 Å². The van der Waals surface area contributed by atoms with Crippen molar-refractivity contribution in [2.75, 3.05) is 17.7 Å². The van der Waals surface area contributed by atoms with Crippen molar-refractivity contribution >= 4 is 52.3 Å². The van der Waals surface area contributed by atoms with Gasteiger partial charge in [0, 0.05) is 29.2 Å². The van der Waals surface area contributed by atoms with Crippen LogP contribution >= 0.6 is 34.8 Å². The van der Waals surface area contributed by atoms with E-state index in [0.717, 1.165) is 67.3 Å². The van der Waals surface area contributed by atoms with Crippen molar-refractivity contribution in [2.24, 2.45) is 0 Å². The summed E-state index contributed by atoms with van der Waals surface area (Å²) in [4.78, 5) is 11.2. The lowest BCUT2D eigenvalue weighted by atomic mass is 9.82. The number of hydrogen-bond acceptors (Lipinski definition) is 4. The number of benzene rings is 4. The highest BCUT2D eigenvalue weighted by Crippen LogP contribution is 2.52. The topological polar surface area (TPSA) is 93.8 Å². The Morgan fingerprint density at radius 3 is 1.79 bits per heavy atom. The molecular weight excluding hydrogens is 715 g/mol. The van der Waals surface area contributed by atoms with Gasteiger partial charge in [-0.2, -0.15) is 0 Å². The van der Waals surface area contributed by atoms with Crippen molar-refractivity contribution in [1.29, 1.82) is 0 Å². The average molecular weight is 766 g/mol. The maximum absolute atomic E-state index is 11.2. The molecule has 0 bridgehead atoms. The molecule has 52 heavy (non-hydrogen) atoms. The summed E-state index contributed by atoms with van der Waals surface area (Å²) in [6.45, 7) is 21.3. The van der Waals surface area contributed by atoms with Crippen LogP contribution in [-0.2, 0) is 0 Å². The van der Waals surface area contributed by atoms with Crippen LogP contribution in [-0.4, -0.2) is 27.7 Å². The van der Waals surface area contributed by atoms with Crippen LogP contribution in [0.3, 0.4) is 0 Å². The second kappa shape index (κ2) is 15.4. The molecule has 2 aliphatic heterocycles. The molecule has 0 fully saturated rings. The molecule has 0 aromatic heterocycles. The van der Waals surface area contributed by atoms with Crippen molar-refractivity contribution in [1.82, 2.24) is 0 Å². The Bertz CT molecular complexity index is 1970. The van der Waals surface area contributed by atoms with Crippen molar-refractivity contribution in [2.45, 2.75) is 109 Å². The van der Waals surface area contributed by atoms with E-state index < -0.39 is 9.89 Å². The van der Waals surface area contributed by atoms with Gasteiger partial charge in [-0.15, -0.1) is 0 Å². The van der Waals surface area contributed by atoms with Gasteiger partial charge in [-0.1, -0.05) is 111 Å². The zero-order valence-corrected chi connectivity index (χ0v) is 34.1. The van der Waals surface area contributed by atoms with Crippen LogP contribution in [0.1, 0.15) is 125 Å². The van der Waals surface area contributed by atoms with Crippen molar-refractivity contribution < 1.29 is 19.4 Å². The molecule has 278 valence electrons. The van der Waals surface area contributed by atoms with E-state index in [1.165, 1.54) is 16.7 Å². The first-order valence-corrected chi connectivity index (χ1v) is 19.0. The van der Waals surface area contributed by atoms with Gasteiger partial charge < -0.3 is 20.3 Å². The van der Waals surface area contributed by atoms with E-state index in [0.29, 0.717) is 30.6 Å². The van der Waals surface area contributed by atoms with Crippen LogP contribution in [0.25, 0.3) is 0 Å². The summed E-state index contributed by atoms with van der Waals surface area (Å²) in [5.74, 6) is 2.88. The second-order valence-corrected chi connectivity index (χ2v) is 17.4. The van der Waals surface area contributed by atoms with Gasteiger partial charge in [-0.05, 0) is 109 Å². The number of fused-ring (bicyclic) bond motifs is 2. The quantitative estimate of drug-likeness (QED) is 0.134. The first-order valence-electron chi connectivity index (χ1n) is 17.9. The maximum atomic E-state index is 11.2. The Labute approximate surface area is 324 Å². The number of nitrogens with one attached hydrogen (secondary N) is 1. The number of alkyl halides is 3. The monoisotopic (exact) mass is 764 g/mol. The largest absolute Gasteiger partial charge is 0.492 e. The Kier molecular flexibility index (Phi) is 11.7. The number of anilines is 2. The van der Waals surface area contributed by atoms with Crippen LogP contribution in [0, 0.1) is 41.5 Å². The number of ether oxygens (including phenoxy) is 2. The van der Waals surface area contributed by atoms with Gasteiger partial charge in [0.2, 0.25) is 0 Å². The molecular formula is C43H51Cl3N2O4. The third-order valence-electron chi connectivity index (χ3n) is 11.0.